The zero-order valence-electron chi connectivity index (χ0n) is 5.54. The maximum atomic E-state index is 5.32. The van der Waals surface area contributed by atoms with Gasteiger partial charge in [0.05, 0.1) is 5.69 Å². The lowest BCUT2D eigenvalue weighted by Gasteiger charge is -1.87. The van der Waals surface area contributed by atoms with E-state index in [1.807, 2.05) is 19.3 Å². The van der Waals surface area contributed by atoms with Gasteiger partial charge in [0.25, 0.3) is 0 Å². The highest BCUT2D eigenvalue weighted by molar-refractivity contribution is 4.98. The van der Waals surface area contributed by atoms with Gasteiger partial charge in [0.15, 0.2) is 0 Å². The van der Waals surface area contributed by atoms with E-state index in [4.69, 9.17) is 5.73 Å². The van der Waals surface area contributed by atoms with Gasteiger partial charge in [-0.25, -0.2) is 0 Å². The molecule has 0 spiro atoms. The molecule has 0 aromatic carbocycles. The Labute approximate surface area is 54.5 Å². The van der Waals surface area contributed by atoms with Crippen molar-refractivity contribution in [3.8, 4) is 0 Å². The summed E-state index contributed by atoms with van der Waals surface area (Å²) in [6.45, 7) is 0.678. The number of nitrogens with two attached hydrogens (primary N) is 1. The first kappa shape index (κ1) is 6.29. The zero-order valence-corrected chi connectivity index (χ0v) is 5.54. The SMILES string of the molecule is Cn1ccc(CCN)n1. The van der Waals surface area contributed by atoms with Crippen molar-refractivity contribution in [3.05, 3.63) is 18.0 Å². The van der Waals surface area contributed by atoms with Crippen LogP contribution in [-0.4, -0.2) is 16.3 Å². The molecule has 1 rings (SSSR count). The molecule has 0 bridgehead atoms. The van der Waals surface area contributed by atoms with E-state index in [9.17, 15) is 0 Å². The van der Waals surface area contributed by atoms with E-state index in [1.54, 1.807) is 4.68 Å². The maximum absolute atomic E-state index is 5.32. The van der Waals surface area contributed by atoms with Crippen molar-refractivity contribution in [2.45, 2.75) is 6.42 Å². The molecule has 0 unspecified atom stereocenters. The van der Waals surface area contributed by atoms with Gasteiger partial charge in [-0.05, 0) is 12.6 Å². The molecule has 2 N–H and O–H groups in total. The molecule has 3 nitrogen and oxygen atoms in total. The highest BCUT2D eigenvalue weighted by Gasteiger charge is 1.91. The molecule has 0 atom stereocenters. The fraction of sp³-hybridized carbons (Fsp3) is 0.500. The standard InChI is InChI=1S/C6H11N3/c1-9-5-3-6(8-9)2-4-7/h3,5H,2,4,7H2,1H3. The van der Waals surface area contributed by atoms with Crippen molar-refractivity contribution in [3.63, 3.8) is 0 Å². The summed E-state index contributed by atoms with van der Waals surface area (Å²) in [4.78, 5) is 0. The second-order valence-electron chi connectivity index (χ2n) is 2.02. The van der Waals surface area contributed by atoms with Crippen LogP contribution in [0.5, 0.6) is 0 Å². The molecule has 0 saturated heterocycles. The lowest BCUT2D eigenvalue weighted by Crippen LogP contribution is -2.03. The molecule has 0 aliphatic carbocycles. The van der Waals surface area contributed by atoms with Crippen molar-refractivity contribution < 1.29 is 0 Å². The summed E-state index contributed by atoms with van der Waals surface area (Å²) in [6.07, 6.45) is 2.80. The summed E-state index contributed by atoms with van der Waals surface area (Å²) in [7, 11) is 1.90. The van der Waals surface area contributed by atoms with Crippen LogP contribution in [-0.2, 0) is 13.5 Å². The van der Waals surface area contributed by atoms with E-state index in [1.165, 1.54) is 0 Å². The van der Waals surface area contributed by atoms with E-state index in [-0.39, 0.29) is 0 Å². The van der Waals surface area contributed by atoms with Crippen LogP contribution < -0.4 is 5.73 Å². The van der Waals surface area contributed by atoms with Crippen molar-refractivity contribution in [1.82, 2.24) is 9.78 Å². The van der Waals surface area contributed by atoms with E-state index >= 15 is 0 Å². The normalized spacial score (nSPS) is 10.0. The van der Waals surface area contributed by atoms with Crippen LogP contribution in [0.4, 0.5) is 0 Å². The molecule has 1 aromatic rings. The van der Waals surface area contributed by atoms with Crippen LogP contribution in [0.3, 0.4) is 0 Å². The third-order valence-electron chi connectivity index (χ3n) is 1.17. The summed E-state index contributed by atoms with van der Waals surface area (Å²) in [5.41, 5.74) is 6.39. The van der Waals surface area contributed by atoms with E-state index in [0.717, 1.165) is 12.1 Å². The second kappa shape index (κ2) is 2.64. The first-order valence-electron chi connectivity index (χ1n) is 3.01. The Hall–Kier alpha value is -0.830. The average Bonchev–Trinajstić information content (AvgIpc) is 2.17. The Morgan fingerprint density at radius 2 is 2.56 bits per heavy atom. The molecular formula is C6H11N3. The minimum absolute atomic E-state index is 0.678. The minimum atomic E-state index is 0.678. The Bertz CT molecular complexity index is 180. The summed E-state index contributed by atoms with van der Waals surface area (Å²) in [5.74, 6) is 0. The molecule has 0 aliphatic heterocycles. The number of hydrogen-bond donors (Lipinski definition) is 1. The van der Waals surface area contributed by atoms with Crippen LogP contribution >= 0.6 is 0 Å². The Kier molecular flexibility index (Phi) is 1.85. The molecule has 50 valence electrons. The predicted octanol–water partition coefficient (Wildman–Crippen LogP) is -0.0787. The van der Waals surface area contributed by atoms with E-state index in [2.05, 4.69) is 5.10 Å². The van der Waals surface area contributed by atoms with Crippen molar-refractivity contribution in [1.29, 1.82) is 0 Å². The summed E-state index contributed by atoms with van der Waals surface area (Å²) in [5, 5.41) is 4.14. The van der Waals surface area contributed by atoms with Crippen LogP contribution in [0, 0.1) is 0 Å². The number of hydrogen-bond acceptors (Lipinski definition) is 2. The first-order valence-corrected chi connectivity index (χ1v) is 3.01. The quantitative estimate of drug-likeness (QED) is 0.601. The molecule has 0 aliphatic rings. The molecule has 9 heavy (non-hydrogen) atoms. The van der Waals surface area contributed by atoms with Gasteiger partial charge in [-0.1, -0.05) is 0 Å². The Balaban J connectivity index is 2.61. The molecular weight excluding hydrogens is 114 g/mol. The number of nitrogens with zero attached hydrogens (tertiary/aromatic N) is 2. The number of aryl methyl sites for hydroxylation is 1. The van der Waals surface area contributed by atoms with E-state index in [0.29, 0.717) is 6.54 Å². The minimum Gasteiger partial charge on any atom is -0.330 e. The van der Waals surface area contributed by atoms with Crippen LogP contribution in [0.25, 0.3) is 0 Å². The van der Waals surface area contributed by atoms with Crippen LogP contribution in [0.2, 0.25) is 0 Å². The molecule has 1 heterocycles. The zero-order chi connectivity index (χ0) is 6.69. The van der Waals surface area contributed by atoms with Crippen molar-refractivity contribution in [2.75, 3.05) is 6.54 Å². The molecule has 3 heteroatoms. The van der Waals surface area contributed by atoms with Gasteiger partial charge in [0.2, 0.25) is 0 Å². The number of aromatic nitrogens is 2. The van der Waals surface area contributed by atoms with Gasteiger partial charge in [0.1, 0.15) is 0 Å². The fourth-order valence-corrected chi connectivity index (χ4v) is 0.744. The highest BCUT2D eigenvalue weighted by Crippen LogP contribution is 1.92. The first-order chi connectivity index (χ1) is 4.33. The molecule has 0 amide bonds. The maximum Gasteiger partial charge on any atom is 0.0637 e. The summed E-state index contributed by atoms with van der Waals surface area (Å²) >= 11 is 0. The van der Waals surface area contributed by atoms with Crippen LogP contribution in [0.1, 0.15) is 5.69 Å². The second-order valence-corrected chi connectivity index (χ2v) is 2.02. The monoisotopic (exact) mass is 125 g/mol. The lowest BCUT2D eigenvalue weighted by atomic mass is 10.3. The smallest absolute Gasteiger partial charge is 0.0637 e. The van der Waals surface area contributed by atoms with Crippen molar-refractivity contribution >= 4 is 0 Å². The van der Waals surface area contributed by atoms with Crippen LogP contribution in [0.15, 0.2) is 12.3 Å². The predicted molar refractivity (Wildman–Crippen MR) is 36.0 cm³/mol. The molecule has 0 radical (unpaired) electrons. The van der Waals surface area contributed by atoms with Gasteiger partial charge in [0, 0.05) is 19.7 Å². The summed E-state index contributed by atoms with van der Waals surface area (Å²) in [6, 6.07) is 1.98. The molecule has 0 saturated carbocycles. The summed E-state index contributed by atoms with van der Waals surface area (Å²) < 4.78 is 1.78. The highest BCUT2D eigenvalue weighted by atomic mass is 15.2. The Morgan fingerprint density at radius 1 is 1.78 bits per heavy atom. The van der Waals surface area contributed by atoms with Gasteiger partial charge in [-0.15, -0.1) is 0 Å². The molecule has 0 fully saturated rings. The fourth-order valence-electron chi connectivity index (χ4n) is 0.744. The topological polar surface area (TPSA) is 43.8 Å². The van der Waals surface area contributed by atoms with Gasteiger partial charge in [-0.2, -0.15) is 5.10 Å². The van der Waals surface area contributed by atoms with Gasteiger partial charge in [-0.3, -0.25) is 4.68 Å². The third kappa shape index (κ3) is 1.54. The average molecular weight is 125 g/mol. The third-order valence-corrected chi connectivity index (χ3v) is 1.17. The lowest BCUT2D eigenvalue weighted by molar-refractivity contribution is 0.739. The largest absolute Gasteiger partial charge is 0.330 e. The van der Waals surface area contributed by atoms with Gasteiger partial charge < -0.3 is 5.73 Å². The van der Waals surface area contributed by atoms with Gasteiger partial charge >= 0.3 is 0 Å². The van der Waals surface area contributed by atoms with Crippen molar-refractivity contribution in [2.24, 2.45) is 12.8 Å². The molecule has 1 aromatic heterocycles. The van der Waals surface area contributed by atoms with E-state index < -0.39 is 0 Å². The Morgan fingerprint density at radius 3 is 3.00 bits per heavy atom. The number of rotatable bonds is 2.